The van der Waals surface area contributed by atoms with Crippen LogP contribution in [0.1, 0.15) is 24.7 Å². The summed E-state index contributed by atoms with van der Waals surface area (Å²) in [6.45, 7) is 0. The van der Waals surface area contributed by atoms with Gasteiger partial charge < -0.3 is 4.98 Å². The van der Waals surface area contributed by atoms with Gasteiger partial charge in [0.25, 0.3) is 5.56 Å². The van der Waals surface area contributed by atoms with Crippen molar-refractivity contribution in [3.8, 4) is 11.4 Å². The second kappa shape index (κ2) is 7.27. The molecule has 1 saturated carbocycles. The van der Waals surface area contributed by atoms with E-state index in [-0.39, 0.29) is 17.4 Å². The predicted octanol–water partition coefficient (Wildman–Crippen LogP) is 4.60. The first kappa shape index (κ1) is 18.3. The Balaban J connectivity index is 1.47. The Labute approximate surface area is 174 Å². The summed E-state index contributed by atoms with van der Waals surface area (Å²) in [5, 5.41) is 10.2. The Morgan fingerprint density at radius 3 is 2.83 bits per heavy atom. The van der Waals surface area contributed by atoms with Gasteiger partial charge in [0.1, 0.15) is 11.6 Å². The summed E-state index contributed by atoms with van der Waals surface area (Å²) in [5.74, 6) is 1.13. The molecule has 0 saturated heterocycles. The summed E-state index contributed by atoms with van der Waals surface area (Å²) in [5.41, 5.74) is 0.774. The van der Waals surface area contributed by atoms with Crippen LogP contribution in [-0.4, -0.2) is 24.7 Å². The first-order valence-corrected chi connectivity index (χ1v) is 10.5. The van der Waals surface area contributed by atoms with Gasteiger partial charge in [0.2, 0.25) is 0 Å². The van der Waals surface area contributed by atoms with Gasteiger partial charge in [-0.15, -0.1) is 10.2 Å². The van der Waals surface area contributed by atoms with E-state index in [2.05, 4.69) is 20.2 Å². The standard InChI is InChI=1S/C20H15ClFN5OS/c21-11-5-8-14-16(9-11)23-17(24-19(14)28)10-29-20-26-25-18(27(20)12-6-7-12)13-3-1-2-4-15(13)22/h1-5,8-9,12H,6-7,10H2,(H,23,24,28). The lowest BCUT2D eigenvalue weighted by Gasteiger charge is -2.09. The highest BCUT2D eigenvalue weighted by molar-refractivity contribution is 7.98. The zero-order valence-electron chi connectivity index (χ0n) is 15.1. The molecule has 0 radical (unpaired) electrons. The molecule has 1 N–H and O–H groups in total. The van der Waals surface area contributed by atoms with E-state index < -0.39 is 0 Å². The van der Waals surface area contributed by atoms with E-state index in [1.165, 1.54) is 17.8 Å². The van der Waals surface area contributed by atoms with Crippen LogP contribution in [0.25, 0.3) is 22.3 Å². The molecule has 0 unspecified atom stereocenters. The van der Waals surface area contributed by atoms with E-state index in [0.717, 1.165) is 12.8 Å². The van der Waals surface area contributed by atoms with Gasteiger partial charge in [-0.3, -0.25) is 9.36 Å². The third kappa shape index (κ3) is 3.54. The van der Waals surface area contributed by atoms with Crippen LogP contribution in [-0.2, 0) is 5.75 Å². The van der Waals surface area contributed by atoms with Crippen LogP contribution in [0.4, 0.5) is 4.39 Å². The number of thioether (sulfide) groups is 1. The Morgan fingerprint density at radius 1 is 1.21 bits per heavy atom. The summed E-state index contributed by atoms with van der Waals surface area (Å²) in [4.78, 5) is 19.6. The molecule has 2 aromatic heterocycles. The fourth-order valence-electron chi connectivity index (χ4n) is 3.23. The highest BCUT2D eigenvalue weighted by atomic mass is 35.5. The number of H-pyrrole nitrogens is 1. The number of halogens is 2. The molecule has 9 heteroatoms. The number of benzene rings is 2. The van der Waals surface area contributed by atoms with E-state index in [1.807, 2.05) is 4.57 Å². The maximum Gasteiger partial charge on any atom is 0.258 e. The van der Waals surface area contributed by atoms with Crippen molar-refractivity contribution in [3.05, 3.63) is 69.5 Å². The molecule has 0 aliphatic heterocycles. The lowest BCUT2D eigenvalue weighted by molar-refractivity contribution is 0.622. The van der Waals surface area contributed by atoms with Crippen LogP contribution >= 0.6 is 23.4 Å². The molecule has 2 aromatic carbocycles. The molecule has 0 spiro atoms. The first-order valence-electron chi connectivity index (χ1n) is 9.11. The molecule has 0 amide bonds. The van der Waals surface area contributed by atoms with Gasteiger partial charge in [0, 0.05) is 11.1 Å². The quantitative estimate of drug-likeness (QED) is 0.471. The minimum atomic E-state index is -0.323. The molecule has 29 heavy (non-hydrogen) atoms. The minimum absolute atomic E-state index is 0.210. The predicted molar refractivity (Wildman–Crippen MR) is 111 cm³/mol. The highest BCUT2D eigenvalue weighted by Gasteiger charge is 2.31. The summed E-state index contributed by atoms with van der Waals surface area (Å²) in [6.07, 6.45) is 2.02. The van der Waals surface area contributed by atoms with Gasteiger partial charge in [0.15, 0.2) is 11.0 Å². The largest absolute Gasteiger partial charge is 0.309 e. The molecule has 1 aliphatic rings. The lowest BCUT2D eigenvalue weighted by atomic mass is 10.2. The summed E-state index contributed by atoms with van der Waals surface area (Å²) < 4.78 is 16.3. The van der Waals surface area contributed by atoms with Crippen molar-refractivity contribution in [3.63, 3.8) is 0 Å². The van der Waals surface area contributed by atoms with E-state index in [4.69, 9.17) is 11.6 Å². The van der Waals surface area contributed by atoms with Crippen molar-refractivity contribution in [2.45, 2.75) is 29.8 Å². The van der Waals surface area contributed by atoms with Crippen molar-refractivity contribution >= 4 is 34.3 Å². The molecule has 0 bridgehead atoms. The first-order chi connectivity index (χ1) is 14.1. The Kier molecular flexibility index (Phi) is 4.60. The monoisotopic (exact) mass is 427 g/mol. The third-order valence-electron chi connectivity index (χ3n) is 4.75. The summed E-state index contributed by atoms with van der Waals surface area (Å²) in [7, 11) is 0. The number of hydrogen-bond acceptors (Lipinski definition) is 5. The molecule has 2 heterocycles. The molecule has 4 aromatic rings. The van der Waals surface area contributed by atoms with Crippen molar-refractivity contribution < 1.29 is 4.39 Å². The van der Waals surface area contributed by atoms with Gasteiger partial charge in [-0.05, 0) is 43.2 Å². The van der Waals surface area contributed by atoms with Crippen molar-refractivity contribution in [2.24, 2.45) is 0 Å². The smallest absolute Gasteiger partial charge is 0.258 e. The summed E-state index contributed by atoms with van der Waals surface area (Å²) >= 11 is 7.44. The van der Waals surface area contributed by atoms with Crippen molar-refractivity contribution in [2.75, 3.05) is 0 Å². The second-order valence-corrected chi connectivity index (χ2v) is 8.23. The molecular formula is C20H15ClFN5OS. The van der Waals surface area contributed by atoms with Gasteiger partial charge in [-0.25, -0.2) is 9.37 Å². The van der Waals surface area contributed by atoms with Crippen LogP contribution in [0.2, 0.25) is 5.02 Å². The number of nitrogens with one attached hydrogen (secondary N) is 1. The molecule has 146 valence electrons. The third-order valence-corrected chi connectivity index (χ3v) is 5.94. The fourth-order valence-corrected chi connectivity index (χ4v) is 4.27. The molecular weight excluding hydrogens is 413 g/mol. The minimum Gasteiger partial charge on any atom is -0.309 e. The number of nitrogens with zero attached hydrogens (tertiary/aromatic N) is 4. The molecule has 1 aliphatic carbocycles. The number of aromatic amines is 1. The van der Waals surface area contributed by atoms with Crippen LogP contribution in [0, 0.1) is 5.82 Å². The van der Waals surface area contributed by atoms with Crippen LogP contribution < -0.4 is 5.56 Å². The van der Waals surface area contributed by atoms with Crippen LogP contribution in [0.5, 0.6) is 0 Å². The number of fused-ring (bicyclic) bond motifs is 1. The average Bonchev–Trinajstić information content (AvgIpc) is 3.46. The number of rotatable bonds is 5. The van der Waals surface area contributed by atoms with Gasteiger partial charge in [-0.1, -0.05) is 35.5 Å². The fraction of sp³-hybridized carbons (Fsp3) is 0.200. The normalized spacial score (nSPS) is 13.9. The van der Waals surface area contributed by atoms with Crippen molar-refractivity contribution in [1.82, 2.24) is 24.7 Å². The Hall–Kier alpha value is -2.71. The highest BCUT2D eigenvalue weighted by Crippen LogP contribution is 2.41. The van der Waals surface area contributed by atoms with E-state index >= 15 is 0 Å². The van der Waals surface area contributed by atoms with Crippen LogP contribution in [0.3, 0.4) is 0 Å². The zero-order chi connectivity index (χ0) is 20.0. The van der Waals surface area contributed by atoms with Crippen molar-refractivity contribution in [1.29, 1.82) is 0 Å². The van der Waals surface area contributed by atoms with Crippen LogP contribution in [0.15, 0.2) is 52.4 Å². The molecule has 0 atom stereocenters. The maximum absolute atomic E-state index is 14.3. The number of hydrogen-bond donors (Lipinski definition) is 1. The lowest BCUT2D eigenvalue weighted by Crippen LogP contribution is -2.11. The maximum atomic E-state index is 14.3. The zero-order valence-corrected chi connectivity index (χ0v) is 16.7. The molecule has 6 nitrogen and oxygen atoms in total. The topological polar surface area (TPSA) is 76.5 Å². The van der Waals surface area contributed by atoms with Gasteiger partial charge >= 0.3 is 0 Å². The van der Waals surface area contributed by atoms with E-state index in [9.17, 15) is 9.18 Å². The average molecular weight is 428 g/mol. The molecule has 5 rings (SSSR count). The number of aromatic nitrogens is 5. The van der Waals surface area contributed by atoms with Gasteiger partial charge in [-0.2, -0.15) is 0 Å². The summed E-state index contributed by atoms with van der Waals surface area (Å²) in [6, 6.07) is 11.8. The Bertz CT molecular complexity index is 1280. The van der Waals surface area contributed by atoms with Gasteiger partial charge in [0.05, 0.1) is 22.2 Å². The van der Waals surface area contributed by atoms with E-state index in [1.54, 1.807) is 36.4 Å². The SMILES string of the molecule is O=c1[nH]c(CSc2nnc(-c3ccccc3F)n2C2CC2)nc2cc(Cl)ccc12. The Morgan fingerprint density at radius 2 is 2.03 bits per heavy atom. The van der Waals surface area contributed by atoms with E-state index in [0.29, 0.717) is 44.0 Å². The molecule has 1 fully saturated rings. The second-order valence-electron chi connectivity index (χ2n) is 6.85.